The van der Waals surface area contributed by atoms with Gasteiger partial charge in [-0.2, -0.15) is 0 Å². The molecule has 2 atom stereocenters. The van der Waals surface area contributed by atoms with Gasteiger partial charge in [-0.3, -0.25) is 9.00 Å². The second kappa shape index (κ2) is 11.7. The quantitative estimate of drug-likeness (QED) is 0.562. The van der Waals surface area contributed by atoms with Gasteiger partial charge in [0.05, 0.1) is 13.2 Å². The van der Waals surface area contributed by atoms with Crippen molar-refractivity contribution < 1.29 is 19.2 Å². The summed E-state index contributed by atoms with van der Waals surface area (Å²) in [5, 5.41) is 19.3. The molecule has 0 aliphatic carbocycles. The lowest BCUT2D eigenvalue weighted by molar-refractivity contribution is 0.0772. The minimum atomic E-state index is -1.09. The zero-order chi connectivity index (χ0) is 23.9. The zero-order valence-electron chi connectivity index (χ0n) is 19.9. The van der Waals surface area contributed by atoms with Gasteiger partial charge in [-0.1, -0.05) is 36.4 Å². The summed E-state index contributed by atoms with van der Waals surface area (Å²) >= 11 is 0. The molecule has 0 fully saturated rings. The van der Waals surface area contributed by atoms with Crippen LogP contribution < -0.4 is 0 Å². The fourth-order valence-corrected chi connectivity index (χ4v) is 4.94. The minimum absolute atomic E-state index is 0.00738. The molecular weight excluding hydrogens is 422 g/mol. The number of hydrogen-bond donors (Lipinski definition) is 2. The summed E-state index contributed by atoms with van der Waals surface area (Å²) in [6.07, 6.45) is 0.564. The largest absolute Gasteiger partial charge is 0.392 e. The Hall–Kier alpha value is -2.02. The molecule has 0 radical (unpaired) electrons. The fraction of sp³-hybridized carbons (Fsp3) is 0.500. The Morgan fingerprint density at radius 3 is 2.16 bits per heavy atom. The van der Waals surface area contributed by atoms with Gasteiger partial charge in [0.2, 0.25) is 0 Å². The average molecular weight is 460 g/mol. The maximum absolute atomic E-state index is 13.1. The van der Waals surface area contributed by atoms with E-state index in [0.717, 1.165) is 11.1 Å². The van der Waals surface area contributed by atoms with Gasteiger partial charge in [-0.25, -0.2) is 0 Å². The number of amides is 1. The predicted molar refractivity (Wildman–Crippen MR) is 131 cm³/mol. The molecule has 0 saturated carbocycles. The highest BCUT2D eigenvalue weighted by atomic mass is 32.2. The number of aliphatic hydroxyl groups excluding tert-OH is 2. The first-order valence-electron chi connectivity index (χ1n) is 11.2. The van der Waals surface area contributed by atoms with Crippen LogP contribution in [0.25, 0.3) is 0 Å². The van der Waals surface area contributed by atoms with Gasteiger partial charge < -0.3 is 15.1 Å². The van der Waals surface area contributed by atoms with Gasteiger partial charge in [-0.05, 0) is 75.3 Å². The molecule has 2 aromatic carbocycles. The van der Waals surface area contributed by atoms with Gasteiger partial charge >= 0.3 is 0 Å². The van der Waals surface area contributed by atoms with Crippen LogP contribution in [0.15, 0.2) is 42.5 Å². The molecule has 5 nitrogen and oxygen atoms in total. The second-order valence-corrected chi connectivity index (χ2v) is 11.3. The van der Waals surface area contributed by atoms with Crippen molar-refractivity contribution in [2.75, 3.05) is 18.8 Å². The lowest BCUT2D eigenvalue weighted by Gasteiger charge is -2.26. The molecule has 2 N–H and O–H groups in total. The third-order valence-corrected chi connectivity index (χ3v) is 7.91. The molecular formula is C26H37NO4S. The Labute approximate surface area is 194 Å². The van der Waals surface area contributed by atoms with Crippen molar-refractivity contribution in [1.29, 1.82) is 0 Å². The van der Waals surface area contributed by atoms with E-state index in [1.54, 1.807) is 4.90 Å². The van der Waals surface area contributed by atoms with E-state index in [0.29, 0.717) is 42.0 Å². The van der Waals surface area contributed by atoms with E-state index in [1.807, 2.05) is 77.1 Å². The van der Waals surface area contributed by atoms with Crippen LogP contribution in [0, 0.1) is 0 Å². The predicted octanol–water partition coefficient (Wildman–Crippen LogP) is 4.03. The number of carbonyl (C=O) groups is 1. The molecule has 0 aromatic heterocycles. The Morgan fingerprint density at radius 2 is 1.59 bits per heavy atom. The molecule has 6 heteroatoms. The van der Waals surface area contributed by atoms with Crippen LogP contribution in [-0.4, -0.2) is 48.8 Å². The Balaban J connectivity index is 2.49. The summed E-state index contributed by atoms with van der Waals surface area (Å²) in [6, 6.07) is 13.3. The number of benzene rings is 2. The van der Waals surface area contributed by atoms with Crippen molar-refractivity contribution in [3.05, 3.63) is 70.3 Å². The van der Waals surface area contributed by atoms with E-state index >= 15 is 0 Å². The van der Waals surface area contributed by atoms with E-state index in [2.05, 4.69) is 0 Å². The lowest BCUT2D eigenvalue weighted by Crippen LogP contribution is -2.31. The van der Waals surface area contributed by atoms with Crippen LogP contribution in [0.4, 0.5) is 0 Å². The van der Waals surface area contributed by atoms with E-state index in [9.17, 15) is 19.2 Å². The normalized spacial score (nSPS) is 13.6. The number of carbonyl (C=O) groups excluding carboxylic acids is 1. The molecule has 2 rings (SSSR count). The van der Waals surface area contributed by atoms with E-state index in [-0.39, 0.29) is 29.8 Å². The summed E-state index contributed by atoms with van der Waals surface area (Å²) in [6.45, 7) is 10.8. The minimum Gasteiger partial charge on any atom is -0.392 e. The molecule has 32 heavy (non-hydrogen) atoms. The smallest absolute Gasteiger partial charge is 0.254 e. The van der Waals surface area contributed by atoms with Crippen LogP contribution in [0.5, 0.6) is 0 Å². The molecule has 0 bridgehead atoms. The number of aliphatic hydroxyl groups is 2. The summed E-state index contributed by atoms with van der Waals surface area (Å²) in [7, 11) is -1.09. The standard InChI is InChI=1S/C26H37NO4S/c1-6-27(7-2)25(30)24-11-9-8-10-20(24)15-23(18-32(31)26(3,4)5)19-12-13-21(16-28)22(14-19)17-29/h8-14,23,28-29H,6-7,15-18H2,1-5H3/t23-,32?/m1/s1. The third-order valence-electron chi connectivity index (χ3n) is 5.84. The first kappa shape index (κ1) is 26.2. The molecule has 0 aliphatic rings. The van der Waals surface area contributed by atoms with Crippen LogP contribution in [0.3, 0.4) is 0 Å². The first-order chi connectivity index (χ1) is 15.2. The van der Waals surface area contributed by atoms with E-state index in [4.69, 9.17) is 0 Å². The van der Waals surface area contributed by atoms with Crippen molar-refractivity contribution in [1.82, 2.24) is 4.90 Å². The monoisotopic (exact) mass is 459 g/mol. The second-order valence-electron chi connectivity index (χ2n) is 9.00. The molecule has 1 unspecified atom stereocenters. The van der Waals surface area contributed by atoms with E-state index in [1.165, 1.54) is 0 Å². The number of rotatable bonds is 10. The Morgan fingerprint density at radius 1 is 0.969 bits per heavy atom. The summed E-state index contributed by atoms with van der Waals surface area (Å²) in [5.74, 6) is 0.354. The van der Waals surface area contributed by atoms with Gasteiger partial charge in [0.15, 0.2) is 0 Å². The van der Waals surface area contributed by atoms with Crippen molar-refractivity contribution >= 4 is 16.7 Å². The van der Waals surface area contributed by atoms with Gasteiger partial charge in [0, 0.05) is 40.0 Å². The molecule has 1 amide bonds. The lowest BCUT2D eigenvalue weighted by atomic mass is 9.89. The molecule has 0 spiro atoms. The van der Waals surface area contributed by atoms with Crippen LogP contribution in [0.2, 0.25) is 0 Å². The maximum Gasteiger partial charge on any atom is 0.254 e. The molecule has 0 saturated heterocycles. The van der Waals surface area contributed by atoms with Gasteiger partial charge in [-0.15, -0.1) is 0 Å². The highest BCUT2D eigenvalue weighted by molar-refractivity contribution is 7.86. The van der Waals surface area contributed by atoms with Crippen molar-refractivity contribution in [3.8, 4) is 0 Å². The summed E-state index contributed by atoms with van der Waals surface area (Å²) in [5.41, 5.74) is 3.91. The number of hydrogen-bond acceptors (Lipinski definition) is 4. The Bertz CT molecular complexity index is 932. The van der Waals surface area contributed by atoms with Crippen molar-refractivity contribution in [2.24, 2.45) is 0 Å². The van der Waals surface area contributed by atoms with E-state index < -0.39 is 10.8 Å². The Kier molecular flexibility index (Phi) is 9.62. The van der Waals surface area contributed by atoms with Crippen molar-refractivity contribution in [3.63, 3.8) is 0 Å². The fourth-order valence-electron chi connectivity index (χ4n) is 3.76. The summed E-state index contributed by atoms with van der Waals surface area (Å²) < 4.78 is 12.7. The average Bonchev–Trinajstić information content (AvgIpc) is 2.78. The summed E-state index contributed by atoms with van der Waals surface area (Å²) in [4.78, 5) is 14.9. The van der Waals surface area contributed by atoms with Crippen LogP contribution in [-0.2, 0) is 30.4 Å². The van der Waals surface area contributed by atoms with Gasteiger partial charge in [0.25, 0.3) is 5.91 Å². The van der Waals surface area contributed by atoms with Gasteiger partial charge in [0.1, 0.15) is 0 Å². The number of nitrogens with zero attached hydrogens (tertiary/aromatic N) is 1. The van der Waals surface area contributed by atoms with Crippen LogP contribution in [0.1, 0.15) is 73.1 Å². The maximum atomic E-state index is 13.1. The molecule has 0 aliphatic heterocycles. The zero-order valence-corrected chi connectivity index (χ0v) is 20.7. The topological polar surface area (TPSA) is 77.8 Å². The molecule has 176 valence electrons. The van der Waals surface area contributed by atoms with Crippen molar-refractivity contribution in [2.45, 2.75) is 64.9 Å². The highest BCUT2D eigenvalue weighted by Gasteiger charge is 2.26. The first-order valence-corrected chi connectivity index (χ1v) is 12.6. The SMILES string of the molecule is CCN(CC)C(=O)c1ccccc1C[C@H](CS(=O)C(C)(C)C)c1ccc(CO)c(CO)c1. The molecule has 0 heterocycles. The third kappa shape index (κ3) is 6.50. The molecule has 2 aromatic rings. The van der Waals surface area contributed by atoms with Crippen LogP contribution >= 0.6 is 0 Å². The highest BCUT2D eigenvalue weighted by Crippen LogP contribution is 2.29.